The predicted octanol–water partition coefficient (Wildman–Crippen LogP) is 3.89. The maximum atomic E-state index is 12.5. The number of aryl methyl sites for hydroxylation is 1. The summed E-state index contributed by atoms with van der Waals surface area (Å²) in [6.45, 7) is 1.72. The summed E-state index contributed by atoms with van der Waals surface area (Å²) in [7, 11) is 0. The summed E-state index contributed by atoms with van der Waals surface area (Å²) >= 11 is 12.2. The molecule has 3 aromatic rings. The molecule has 6 heteroatoms. The Morgan fingerprint density at radius 1 is 1.09 bits per heavy atom. The first-order valence-corrected chi connectivity index (χ1v) is 7.30. The van der Waals surface area contributed by atoms with Crippen LogP contribution in [0.15, 0.2) is 52.4 Å². The van der Waals surface area contributed by atoms with Crippen LogP contribution in [-0.2, 0) is 0 Å². The fraction of sp³-hybridized carbons (Fsp3) is 0.0625. The van der Waals surface area contributed by atoms with E-state index in [0.29, 0.717) is 32.3 Å². The Morgan fingerprint density at radius 2 is 1.77 bits per heavy atom. The Hall–Kier alpha value is -2.17. The second-order valence-electron chi connectivity index (χ2n) is 4.67. The molecule has 22 heavy (non-hydrogen) atoms. The maximum Gasteiger partial charge on any atom is 0.282 e. The van der Waals surface area contributed by atoms with Crippen LogP contribution >= 0.6 is 23.2 Å². The summed E-state index contributed by atoms with van der Waals surface area (Å²) in [6.07, 6.45) is 1.47. The van der Waals surface area contributed by atoms with E-state index in [1.807, 2.05) is 6.07 Å². The normalized spacial score (nSPS) is 11.4. The first-order chi connectivity index (χ1) is 10.6. The van der Waals surface area contributed by atoms with Crippen LogP contribution in [0.25, 0.3) is 10.9 Å². The molecular formula is C16H11Cl2N3O. The lowest BCUT2D eigenvalue weighted by molar-refractivity contribution is 0.771. The number of halogens is 2. The summed E-state index contributed by atoms with van der Waals surface area (Å²) in [5.41, 5.74) is 0.972. The van der Waals surface area contributed by atoms with Crippen molar-refractivity contribution in [1.29, 1.82) is 0 Å². The average Bonchev–Trinajstić information content (AvgIpc) is 2.49. The highest BCUT2D eigenvalue weighted by Crippen LogP contribution is 2.22. The highest BCUT2D eigenvalue weighted by Gasteiger charge is 2.07. The van der Waals surface area contributed by atoms with Crippen molar-refractivity contribution in [2.24, 2.45) is 5.10 Å². The second-order valence-corrected chi connectivity index (χ2v) is 5.49. The Balaban J connectivity index is 2.15. The molecule has 0 saturated carbocycles. The number of hydrogen-bond donors (Lipinski definition) is 0. The van der Waals surface area contributed by atoms with Gasteiger partial charge in [-0.25, -0.2) is 4.98 Å². The zero-order chi connectivity index (χ0) is 15.7. The molecule has 1 aromatic heterocycles. The molecule has 0 bridgehead atoms. The minimum Gasteiger partial charge on any atom is -0.267 e. The van der Waals surface area contributed by atoms with Gasteiger partial charge in [0.15, 0.2) is 0 Å². The third kappa shape index (κ3) is 2.63. The van der Waals surface area contributed by atoms with Gasteiger partial charge in [-0.15, -0.1) is 0 Å². The van der Waals surface area contributed by atoms with E-state index < -0.39 is 0 Å². The summed E-state index contributed by atoms with van der Waals surface area (Å²) in [5.74, 6) is 0.489. The fourth-order valence-electron chi connectivity index (χ4n) is 2.12. The molecule has 0 N–H and O–H groups in total. The standard InChI is InChI=1S/C16H11Cl2N3O/c1-10-20-15-8-3-2-5-11(15)16(22)21(10)19-9-12-13(17)6-4-7-14(12)18/h2-9H,1H3. The summed E-state index contributed by atoms with van der Waals surface area (Å²) in [5, 5.41) is 5.64. The van der Waals surface area contributed by atoms with Crippen molar-refractivity contribution in [3.05, 3.63) is 74.3 Å². The van der Waals surface area contributed by atoms with E-state index >= 15 is 0 Å². The van der Waals surface area contributed by atoms with Gasteiger partial charge in [-0.2, -0.15) is 9.78 Å². The number of aromatic nitrogens is 2. The van der Waals surface area contributed by atoms with Gasteiger partial charge in [0.25, 0.3) is 5.56 Å². The predicted molar refractivity (Wildman–Crippen MR) is 90.2 cm³/mol. The molecule has 110 valence electrons. The molecule has 0 aliphatic heterocycles. The highest BCUT2D eigenvalue weighted by atomic mass is 35.5. The van der Waals surface area contributed by atoms with Crippen LogP contribution in [-0.4, -0.2) is 15.9 Å². The second kappa shape index (κ2) is 5.91. The molecule has 0 radical (unpaired) electrons. The number of benzene rings is 2. The minimum atomic E-state index is -0.234. The van der Waals surface area contributed by atoms with E-state index in [1.165, 1.54) is 10.9 Å². The molecule has 3 rings (SSSR count). The number of para-hydroxylation sites is 1. The van der Waals surface area contributed by atoms with Gasteiger partial charge in [0.1, 0.15) is 5.82 Å². The molecule has 2 aromatic carbocycles. The molecule has 0 unspecified atom stereocenters. The van der Waals surface area contributed by atoms with Gasteiger partial charge < -0.3 is 0 Å². The van der Waals surface area contributed by atoms with Crippen LogP contribution in [0, 0.1) is 6.92 Å². The highest BCUT2D eigenvalue weighted by molar-refractivity contribution is 6.38. The van der Waals surface area contributed by atoms with Crippen LogP contribution in [0.1, 0.15) is 11.4 Å². The Morgan fingerprint density at radius 3 is 2.50 bits per heavy atom. The largest absolute Gasteiger partial charge is 0.282 e. The fourth-order valence-corrected chi connectivity index (χ4v) is 2.62. The first-order valence-electron chi connectivity index (χ1n) is 6.54. The lowest BCUT2D eigenvalue weighted by Crippen LogP contribution is -2.20. The van der Waals surface area contributed by atoms with Crippen molar-refractivity contribution in [3.8, 4) is 0 Å². The van der Waals surface area contributed by atoms with E-state index in [9.17, 15) is 4.79 Å². The molecule has 0 atom stereocenters. The zero-order valence-electron chi connectivity index (χ0n) is 11.6. The SMILES string of the molecule is Cc1nc2ccccc2c(=O)n1N=Cc1c(Cl)cccc1Cl. The van der Waals surface area contributed by atoms with Gasteiger partial charge in [-0.05, 0) is 31.2 Å². The molecule has 0 aliphatic carbocycles. The van der Waals surface area contributed by atoms with Crippen molar-refractivity contribution in [1.82, 2.24) is 9.66 Å². The van der Waals surface area contributed by atoms with Crippen LogP contribution in [0.5, 0.6) is 0 Å². The van der Waals surface area contributed by atoms with E-state index in [2.05, 4.69) is 10.1 Å². The number of nitrogens with zero attached hydrogens (tertiary/aromatic N) is 3. The smallest absolute Gasteiger partial charge is 0.267 e. The monoisotopic (exact) mass is 331 g/mol. The van der Waals surface area contributed by atoms with Crippen molar-refractivity contribution in [3.63, 3.8) is 0 Å². The Bertz CT molecular complexity index is 928. The van der Waals surface area contributed by atoms with Crippen LogP contribution in [0.2, 0.25) is 10.0 Å². The van der Waals surface area contributed by atoms with Crippen LogP contribution < -0.4 is 5.56 Å². The van der Waals surface area contributed by atoms with Gasteiger partial charge in [0.05, 0.1) is 27.2 Å². The number of hydrogen-bond acceptors (Lipinski definition) is 3. The van der Waals surface area contributed by atoms with E-state index in [1.54, 1.807) is 43.3 Å². The quantitative estimate of drug-likeness (QED) is 0.668. The number of fused-ring (bicyclic) bond motifs is 1. The number of rotatable bonds is 2. The van der Waals surface area contributed by atoms with Gasteiger partial charge >= 0.3 is 0 Å². The third-order valence-corrected chi connectivity index (χ3v) is 3.88. The van der Waals surface area contributed by atoms with E-state index in [-0.39, 0.29) is 5.56 Å². The maximum absolute atomic E-state index is 12.5. The Labute approximate surface area is 136 Å². The molecular weight excluding hydrogens is 321 g/mol. The summed E-state index contributed by atoms with van der Waals surface area (Å²) in [4.78, 5) is 16.9. The lowest BCUT2D eigenvalue weighted by atomic mass is 10.2. The zero-order valence-corrected chi connectivity index (χ0v) is 13.1. The van der Waals surface area contributed by atoms with Gasteiger partial charge in [-0.1, -0.05) is 41.4 Å². The third-order valence-electron chi connectivity index (χ3n) is 3.22. The molecule has 0 aliphatic rings. The van der Waals surface area contributed by atoms with Crippen molar-refractivity contribution >= 4 is 40.3 Å². The molecule has 0 amide bonds. The van der Waals surface area contributed by atoms with Crippen molar-refractivity contribution < 1.29 is 0 Å². The van der Waals surface area contributed by atoms with Crippen molar-refractivity contribution in [2.45, 2.75) is 6.92 Å². The minimum absolute atomic E-state index is 0.234. The van der Waals surface area contributed by atoms with Crippen molar-refractivity contribution in [2.75, 3.05) is 0 Å². The lowest BCUT2D eigenvalue weighted by Gasteiger charge is -2.06. The average molecular weight is 332 g/mol. The summed E-state index contributed by atoms with van der Waals surface area (Å²) in [6, 6.07) is 12.3. The molecule has 4 nitrogen and oxygen atoms in total. The topological polar surface area (TPSA) is 47.2 Å². The Kier molecular flexibility index (Phi) is 3.96. The van der Waals surface area contributed by atoms with Crippen LogP contribution in [0.3, 0.4) is 0 Å². The van der Waals surface area contributed by atoms with Gasteiger partial charge in [0, 0.05) is 5.56 Å². The molecule has 0 spiro atoms. The first kappa shape index (κ1) is 14.8. The molecule has 1 heterocycles. The van der Waals surface area contributed by atoms with Crippen LogP contribution in [0.4, 0.5) is 0 Å². The molecule has 0 fully saturated rings. The van der Waals surface area contributed by atoms with Gasteiger partial charge in [-0.3, -0.25) is 4.79 Å². The summed E-state index contributed by atoms with van der Waals surface area (Å²) < 4.78 is 1.24. The van der Waals surface area contributed by atoms with E-state index in [0.717, 1.165) is 0 Å². The molecule has 0 saturated heterocycles. The van der Waals surface area contributed by atoms with E-state index in [4.69, 9.17) is 23.2 Å². The van der Waals surface area contributed by atoms with Gasteiger partial charge in [0.2, 0.25) is 0 Å².